The monoisotopic (exact) mass is 708 g/mol. The van der Waals surface area contributed by atoms with E-state index in [9.17, 15) is 14.4 Å². The first-order valence-corrected chi connectivity index (χ1v) is 19.0. The number of ether oxygens (including phenoxy) is 1. The summed E-state index contributed by atoms with van der Waals surface area (Å²) in [7, 11) is 1.38. The molecule has 3 aromatic carbocycles. The van der Waals surface area contributed by atoms with Gasteiger partial charge in [0.2, 0.25) is 0 Å². The summed E-state index contributed by atoms with van der Waals surface area (Å²) >= 11 is 1.53. The number of rotatable bonds is 16. The van der Waals surface area contributed by atoms with Crippen LogP contribution in [0.5, 0.6) is 0 Å². The first kappa shape index (κ1) is 37.9. The van der Waals surface area contributed by atoms with Gasteiger partial charge >= 0.3 is 5.97 Å². The lowest BCUT2D eigenvalue weighted by molar-refractivity contribution is 0.0600. The summed E-state index contributed by atoms with van der Waals surface area (Å²) in [5.74, 6) is -0.741. The van der Waals surface area contributed by atoms with E-state index in [1.54, 1.807) is 12.1 Å². The van der Waals surface area contributed by atoms with Crippen molar-refractivity contribution in [1.82, 2.24) is 10.2 Å². The van der Waals surface area contributed by atoms with Gasteiger partial charge in [0.1, 0.15) is 5.00 Å². The molecule has 1 aromatic heterocycles. The summed E-state index contributed by atoms with van der Waals surface area (Å²) in [5.41, 5.74) is 6.85. The average Bonchev–Trinajstić information content (AvgIpc) is 3.50. The normalized spacial score (nSPS) is 12.6. The van der Waals surface area contributed by atoms with Gasteiger partial charge in [-0.25, -0.2) is 4.79 Å². The molecular formula is C42H52N4O4S. The van der Waals surface area contributed by atoms with Crippen molar-refractivity contribution >= 4 is 39.8 Å². The molecule has 3 N–H and O–H groups in total. The lowest BCUT2D eigenvalue weighted by Gasteiger charge is -2.27. The number of carbonyl (C=O) groups is 3. The number of esters is 1. The Morgan fingerprint density at radius 3 is 2.16 bits per heavy atom. The number of amides is 2. The highest BCUT2D eigenvalue weighted by molar-refractivity contribution is 7.17. The van der Waals surface area contributed by atoms with Gasteiger partial charge in [-0.15, -0.1) is 11.3 Å². The second kappa shape index (κ2) is 18.3. The largest absolute Gasteiger partial charge is 0.465 e. The molecule has 1 heterocycles. The van der Waals surface area contributed by atoms with Crippen LogP contribution < -0.4 is 16.0 Å². The Morgan fingerprint density at radius 1 is 0.804 bits per heavy atom. The Bertz CT molecular complexity index is 1780. The maximum atomic E-state index is 13.9. The molecule has 5 rings (SSSR count). The van der Waals surface area contributed by atoms with E-state index in [0.29, 0.717) is 39.5 Å². The Balaban J connectivity index is 1.23. The second-order valence-electron chi connectivity index (χ2n) is 13.9. The molecule has 4 aromatic rings. The summed E-state index contributed by atoms with van der Waals surface area (Å²) in [5, 5.41) is 10.3. The van der Waals surface area contributed by atoms with Crippen LogP contribution in [-0.4, -0.2) is 55.0 Å². The van der Waals surface area contributed by atoms with Crippen molar-refractivity contribution in [2.45, 2.75) is 91.3 Å². The summed E-state index contributed by atoms with van der Waals surface area (Å²) in [6, 6.07) is 24.1. The summed E-state index contributed by atoms with van der Waals surface area (Å²) in [6.45, 7) is 11.5. The minimum absolute atomic E-state index is 0.198. The van der Waals surface area contributed by atoms with E-state index >= 15 is 0 Å². The Hall–Kier alpha value is -4.31. The standard InChI is InChI=1S/C42H52N4O4S/c1-28(2)43-24-9-25-46(29(3)4)27-32-10-8-11-34(26-32)39(47)45-41-38(36-12-6-7-13-37(36)51-41)40(48)44-35-22-18-31(19-23-35)15-14-30-16-20-33(21-17-30)42(49)50-5/h8,10-11,16-23,26,28-29,43H,6-7,9,12-15,24-25,27H2,1-5H3,(H,44,48)(H,45,47). The molecule has 0 radical (unpaired) electrons. The van der Waals surface area contributed by atoms with Gasteiger partial charge in [-0.05, 0) is 131 Å². The van der Waals surface area contributed by atoms with E-state index in [2.05, 4.69) is 54.6 Å². The summed E-state index contributed by atoms with van der Waals surface area (Å²) in [4.78, 5) is 42.9. The van der Waals surface area contributed by atoms with Gasteiger partial charge in [-0.2, -0.15) is 0 Å². The molecule has 0 saturated heterocycles. The molecule has 1 aliphatic carbocycles. The lowest BCUT2D eigenvalue weighted by atomic mass is 9.95. The predicted octanol–water partition coefficient (Wildman–Crippen LogP) is 8.30. The molecule has 0 atom stereocenters. The van der Waals surface area contributed by atoms with Gasteiger partial charge in [-0.3, -0.25) is 14.5 Å². The van der Waals surface area contributed by atoms with Crippen LogP contribution in [0.15, 0.2) is 72.8 Å². The van der Waals surface area contributed by atoms with Crippen molar-refractivity contribution in [3.63, 3.8) is 0 Å². The molecule has 51 heavy (non-hydrogen) atoms. The predicted molar refractivity (Wildman–Crippen MR) is 208 cm³/mol. The quantitative estimate of drug-likeness (QED) is 0.0800. The fraction of sp³-hybridized carbons (Fsp3) is 0.405. The molecular weight excluding hydrogens is 657 g/mol. The Labute approximate surface area is 307 Å². The van der Waals surface area contributed by atoms with Crippen molar-refractivity contribution in [1.29, 1.82) is 0 Å². The van der Waals surface area contributed by atoms with Crippen LogP contribution in [-0.2, 0) is 37.0 Å². The first-order chi connectivity index (χ1) is 24.6. The second-order valence-corrected chi connectivity index (χ2v) is 15.0. The summed E-state index contributed by atoms with van der Waals surface area (Å²) in [6.07, 6.45) is 6.57. The number of fused-ring (bicyclic) bond motifs is 1. The van der Waals surface area contributed by atoms with Gasteiger partial charge < -0.3 is 20.7 Å². The zero-order chi connectivity index (χ0) is 36.3. The number of carbonyl (C=O) groups excluding carboxylic acids is 3. The van der Waals surface area contributed by atoms with Gasteiger partial charge in [-0.1, -0.05) is 50.2 Å². The maximum absolute atomic E-state index is 13.9. The zero-order valence-corrected chi connectivity index (χ0v) is 31.5. The van der Waals surface area contributed by atoms with Crippen molar-refractivity contribution in [3.05, 3.63) is 117 Å². The number of nitrogens with one attached hydrogen (secondary N) is 3. The molecule has 0 aliphatic heterocycles. The third-order valence-corrected chi connectivity index (χ3v) is 10.6. The van der Waals surface area contributed by atoms with E-state index in [1.165, 1.54) is 23.3 Å². The minimum atomic E-state index is -0.341. The van der Waals surface area contributed by atoms with Crippen LogP contribution >= 0.6 is 11.3 Å². The number of benzene rings is 3. The molecule has 8 nitrogen and oxygen atoms in total. The molecule has 270 valence electrons. The van der Waals surface area contributed by atoms with Crippen LogP contribution in [0.1, 0.15) is 105 Å². The molecule has 9 heteroatoms. The van der Waals surface area contributed by atoms with Crippen LogP contribution in [0, 0.1) is 0 Å². The topological polar surface area (TPSA) is 99.8 Å². The average molecular weight is 709 g/mol. The number of methoxy groups -OCH3 is 1. The number of aryl methyl sites for hydroxylation is 3. The molecule has 0 bridgehead atoms. The molecule has 2 amide bonds. The highest BCUT2D eigenvalue weighted by Gasteiger charge is 2.27. The lowest BCUT2D eigenvalue weighted by Crippen LogP contribution is -2.34. The fourth-order valence-corrected chi connectivity index (χ4v) is 7.75. The van der Waals surface area contributed by atoms with E-state index in [-0.39, 0.29) is 17.8 Å². The third-order valence-electron chi connectivity index (χ3n) is 9.39. The highest BCUT2D eigenvalue weighted by Crippen LogP contribution is 2.39. The minimum Gasteiger partial charge on any atom is -0.465 e. The van der Waals surface area contributed by atoms with Gasteiger partial charge in [0.15, 0.2) is 0 Å². The smallest absolute Gasteiger partial charge is 0.337 e. The van der Waals surface area contributed by atoms with E-state index in [4.69, 9.17) is 4.74 Å². The Kier molecular flexibility index (Phi) is 13.6. The number of hydrogen-bond acceptors (Lipinski definition) is 7. The fourth-order valence-electron chi connectivity index (χ4n) is 6.47. The zero-order valence-electron chi connectivity index (χ0n) is 30.6. The summed E-state index contributed by atoms with van der Waals surface area (Å²) < 4.78 is 4.78. The van der Waals surface area contributed by atoms with Crippen LogP contribution in [0.3, 0.4) is 0 Å². The van der Waals surface area contributed by atoms with Crippen LogP contribution in [0.4, 0.5) is 10.7 Å². The molecule has 0 saturated carbocycles. The highest BCUT2D eigenvalue weighted by atomic mass is 32.1. The third kappa shape index (κ3) is 10.6. The molecule has 0 spiro atoms. The first-order valence-electron chi connectivity index (χ1n) is 18.2. The van der Waals surface area contributed by atoms with Gasteiger partial charge in [0.25, 0.3) is 11.8 Å². The number of hydrogen-bond donors (Lipinski definition) is 3. The van der Waals surface area contributed by atoms with Gasteiger partial charge in [0, 0.05) is 34.8 Å². The van der Waals surface area contributed by atoms with Crippen molar-refractivity contribution in [2.24, 2.45) is 0 Å². The number of nitrogens with zero attached hydrogens (tertiary/aromatic N) is 1. The Morgan fingerprint density at radius 2 is 1.49 bits per heavy atom. The van der Waals surface area contributed by atoms with E-state index < -0.39 is 0 Å². The van der Waals surface area contributed by atoms with E-state index in [0.717, 1.165) is 86.8 Å². The van der Waals surface area contributed by atoms with Crippen molar-refractivity contribution in [2.75, 3.05) is 30.8 Å². The SMILES string of the molecule is COC(=O)c1ccc(CCc2ccc(NC(=O)c3c(NC(=O)c4cccc(CN(CCCNC(C)C)C(C)C)c4)sc4c3CCCC4)cc2)cc1. The van der Waals surface area contributed by atoms with Crippen LogP contribution in [0.25, 0.3) is 0 Å². The van der Waals surface area contributed by atoms with E-state index in [1.807, 2.05) is 54.6 Å². The van der Waals surface area contributed by atoms with Crippen molar-refractivity contribution < 1.29 is 19.1 Å². The molecule has 0 fully saturated rings. The molecule has 0 unspecified atom stereocenters. The maximum Gasteiger partial charge on any atom is 0.337 e. The van der Waals surface area contributed by atoms with Crippen molar-refractivity contribution in [3.8, 4) is 0 Å². The number of thiophene rings is 1. The number of anilines is 2. The van der Waals surface area contributed by atoms with Gasteiger partial charge in [0.05, 0.1) is 18.2 Å². The molecule has 1 aliphatic rings. The van der Waals surface area contributed by atoms with Crippen LogP contribution in [0.2, 0.25) is 0 Å².